The second kappa shape index (κ2) is 5.34. The summed E-state index contributed by atoms with van der Waals surface area (Å²) < 4.78 is 11.2. The summed E-state index contributed by atoms with van der Waals surface area (Å²) in [5.41, 5.74) is -0.125. The lowest BCUT2D eigenvalue weighted by atomic mass is 9.85. The van der Waals surface area contributed by atoms with Gasteiger partial charge < -0.3 is 14.4 Å². The van der Waals surface area contributed by atoms with Crippen LogP contribution in [0.5, 0.6) is 5.75 Å². The summed E-state index contributed by atoms with van der Waals surface area (Å²) in [6, 6.07) is 7.85. The molecule has 1 fully saturated rings. The van der Waals surface area contributed by atoms with Crippen LogP contribution in [0, 0.1) is 5.92 Å². The first kappa shape index (κ1) is 15.8. The maximum Gasteiger partial charge on any atom is 0.171 e. The number of methoxy groups -OCH3 is 1. The van der Waals surface area contributed by atoms with Crippen molar-refractivity contribution in [3.8, 4) is 5.75 Å². The summed E-state index contributed by atoms with van der Waals surface area (Å²) in [6.45, 7) is 8.31. The van der Waals surface area contributed by atoms with Gasteiger partial charge in [0.2, 0.25) is 0 Å². The summed E-state index contributed by atoms with van der Waals surface area (Å²) >= 11 is 0. The SMILES string of the molecule is COc1cccc(N(C)CC2C(=O)C(C)(C)OC2(C)C)c1. The average molecular weight is 291 g/mol. The van der Waals surface area contributed by atoms with E-state index in [1.54, 1.807) is 7.11 Å². The summed E-state index contributed by atoms with van der Waals surface area (Å²) in [7, 11) is 3.64. The van der Waals surface area contributed by atoms with Crippen LogP contribution in [-0.2, 0) is 9.53 Å². The minimum atomic E-state index is -0.705. The van der Waals surface area contributed by atoms with Crippen molar-refractivity contribution in [2.24, 2.45) is 5.92 Å². The molecular weight excluding hydrogens is 266 g/mol. The van der Waals surface area contributed by atoms with Crippen molar-refractivity contribution in [2.75, 3.05) is 25.6 Å². The van der Waals surface area contributed by atoms with Crippen molar-refractivity contribution in [2.45, 2.75) is 38.9 Å². The van der Waals surface area contributed by atoms with Gasteiger partial charge in [-0.05, 0) is 39.8 Å². The number of rotatable bonds is 4. The lowest BCUT2D eigenvalue weighted by Gasteiger charge is -2.30. The number of Topliss-reactive ketones (excluding diaryl/α,β-unsaturated/α-hetero) is 1. The van der Waals surface area contributed by atoms with Crippen LogP contribution in [0.25, 0.3) is 0 Å². The van der Waals surface area contributed by atoms with Gasteiger partial charge in [0.05, 0.1) is 18.6 Å². The van der Waals surface area contributed by atoms with Gasteiger partial charge >= 0.3 is 0 Å². The normalized spacial score (nSPS) is 23.1. The van der Waals surface area contributed by atoms with Crippen LogP contribution in [-0.4, -0.2) is 37.7 Å². The van der Waals surface area contributed by atoms with Gasteiger partial charge in [0.15, 0.2) is 5.78 Å². The van der Waals surface area contributed by atoms with E-state index >= 15 is 0 Å². The molecule has 1 heterocycles. The standard InChI is InChI=1S/C17H25NO3/c1-16(2)14(15(19)17(3,4)21-16)11-18(5)12-8-7-9-13(10-12)20-6/h7-10,14H,11H2,1-6H3. The predicted molar refractivity (Wildman–Crippen MR) is 84.0 cm³/mol. The molecular formula is C17H25NO3. The molecule has 0 saturated carbocycles. The largest absolute Gasteiger partial charge is 0.497 e. The maximum absolute atomic E-state index is 12.6. The molecule has 1 aromatic rings. The molecule has 2 rings (SSSR count). The zero-order valence-corrected chi connectivity index (χ0v) is 13.8. The van der Waals surface area contributed by atoms with Gasteiger partial charge in [-0.3, -0.25) is 4.79 Å². The van der Waals surface area contributed by atoms with Crippen molar-refractivity contribution >= 4 is 11.5 Å². The minimum absolute atomic E-state index is 0.149. The number of hydrogen-bond acceptors (Lipinski definition) is 4. The monoisotopic (exact) mass is 291 g/mol. The Morgan fingerprint density at radius 2 is 1.95 bits per heavy atom. The molecule has 0 radical (unpaired) electrons. The van der Waals surface area contributed by atoms with Gasteiger partial charge in [-0.2, -0.15) is 0 Å². The first-order valence-corrected chi connectivity index (χ1v) is 7.27. The fourth-order valence-electron chi connectivity index (χ4n) is 3.04. The maximum atomic E-state index is 12.6. The van der Waals surface area contributed by atoms with Crippen LogP contribution in [0.4, 0.5) is 5.69 Å². The third-order valence-electron chi connectivity index (χ3n) is 4.22. The molecule has 4 heteroatoms. The summed E-state index contributed by atoms with van der Waals surface area (Å²) in [5.74, 6) is 0.832. The fourth-order valence-corrected chi connectivity index (χ4v) is 3.04. The van der Waals surface area contributed by atoms with Crippen LogP contribution in [0.15, 0.2) is 24.3 Å². The number of anilines is 1. The molecule has 0 N–H and O–H groups in total. The second-order valence-corrected chi connectivity index (χ2v) is 6.71. The van der Waals surface area contributed by atoms with Gasteiger partial charge in [-0.15, -0.1) is 0 Å². The van der Waals surface area contributed by atoms with E-state index in [0.29, 0.717) is 6.54 Å². The Kier molecular flexibility index (Phi) is 4.02. The van der Waals surface area contributed by atoms with E-state index in [2.05, 4.69) is 4.90 Å². The number of carbonyl (C=O) groups excluding carboxylic acids is 1. The molecule has 1 aromatic carbocycles. The fraction of sp³-hybridized carbons (Fsp3) is 0.588. The first-order chi connectivity index (χ1) is 9.67. The molecule has 1 aliphatic rings. The zero-order valence-electron chi connectivity index (χ0n) is 13.8. The van der Waals surface area contributed by atoms with Crippen molar-refractivity contribution in [1.29, 1.82) is 0 Å². The van der Waals surface area contributed by atoms with Crippen molar-refractivity contribution in [3.63, 3.8) is 0 Å². The molecule has 1 saturated heterocycles. The quantitative estimate of drug-likeness (QED) is 0.855. The third-order valence-corrected chi connectivity index (χ3v) is 4.22. The Morgan fingerprint density at radius 1 is 1.29 bits per heavy atom. The Hall–Kier alpha value is -1.55. The van der Waals surface area contributed by atoms with Crippen LogP contribution < -0.4 is 9.64 Å². The van der Waals surface area contributed by atoms with Crippen molar-refractivity contribution in [3.05, 3.63) is 24.3 Å². The highest BCUT2D eigenvalue weighted by Crippen LogP contribution is 2.39. The third kappa shape index (κ3) is 3.05. The van der Waals surface area contributed by atoms with Crippen molar-refractivity contribution < 1.29 is 14.3 Å². The highest BCUT2D eigenvalue weighted by molar-refractivity contribution is 5.92. The molecule has 0 spiro atoms. The van der Waals surface area contributed by atoms with Crippen molar-refractivity contribution in [1.82, 2.24) is 0 Å². The molecule has 21 heavy (non-hydrogen) atoms. The van der Waals surface area contributed by atoms with Gasteiger partial charge in [-0.25, -0.2) is 0 Å². The van der Waals surface area contributed by atoms with E-state index in [-0.39, 0.29) is 11.7 Å². The number of ketones is 1. The van der Waals surface area contributed by atoms with E-state index in [9.17, 15) is 4.79 Å². The molecule has 0 aromatic heterocycles. The van der Waals surface area contributed by atoms with E-state index in [1.165, 1.54) is 0 Å². The molecule has 0 bridgehead atoms. The van der Waals surface area contributed by atoms with E-state index in [1.807, 2.05) is 59.0 Å². The number of carbonyl (C=O) groups is 1. The lowest BCUT2D eigenvalue weighted by molar-refractivity contribution is -0.132. The molecule has 4 nitrogen and oxygen atoms in total. The van der Waals surface area contributed by atoms with Crippen LogP contribution >= 0.6 is 0 Å². The Bertz CT molecular complexity index is 537. The highest BCUT2D eigenvalue weighted by atomic mass is 16.5. The first-order valence-electron chi connectivity index (χ1n) is 7.27. The molecule has 116 valence electrons. The van der Waals surface area contributed by atoms with Gasteiger partial charge in [0.1, 0.15) is 11.4 Å². The second-order valence-electron chi connectivity index (χ2n) is 6.71. The number of benzene rings is 1. The van der Waals surface area contributed by atoms with E-state index in [4.69, 9.17) is 9.47 Å². The van der Waals surface area contributed by atoms with E-state index < -0.39 is 11.2 Å². The van der Waals surface area contributed by atoms with Gasteiger partial charge in [0.25, 0.3) is 0 Å². The number of nitrogens with zero attached hydrogens (tertiary/aromatic N) is 1. The number of hydrogen-bond donors (Lipinski definition) is 0. The summed E-state index contributed by atoms with van der Waals surface area (Å²) in [4.78, 5) is 14.6. The smallest absolute Gasteiger partial charge is 0.171 e. The lowest BCUT2D eigenvalue weighted by Crippen LogP contribution is -2.39. The Labute approximate surface area is 127 Å². The Morgan fingerprint density at radius 3 is 2.48 bits per heavy atom. The van der Waals surface area contributed by atoms with Gasteiger partial charge in [-0.1, -0.05) is 6.07 Å². The number of ether oxygens (including phenoxy) is 2. The average Bonchev–Trinajstić information content (AvgIpc) is 2.57. The predicted octanol–water partition coefficient (Wildman–Crippen LogP) is 2.90. The minimum Gasteiger partial charge on any atom is -0.497 e. The zero-order chi connectivity index (χ0) is 15.8. The van der Waals surface area contributed by atoms with Crippen LogP contribution in [0.1, 0.15) is 27.7 Å². The topological polar surface area (TPSA) is 38.8 Å². The molecule has 0 amide bonds. The van der Waals surface area contributed by atoms with E-state index in [0.717, 1.165) is 11.4 Å². The molecule has 1 aliphatic heterocycles. The van der Waals surface area contributed by atoms with Crippen LogP contribution in [0.2, 0.25) is 0 Å². The van der Waals surface area contributed by atoms with Gasteiger partial charge in [0, 0.05) is 25.3 Å². The molecule has 0 aliphatic carbocycles. The summed E-state index contributed by atoms with van der Waals surface area (Å²) in [6.07, 6.45) is 0. The highest BCUT2D eigenvalue weighted by Gasteiger charge is 2.53. The molecule has 1 unspecified atom stereocenters. The van der Waals surface area contributed by atoms with Crippen LogP contribution in [0.3, 0.4) is 0 Å². The summed E-state index contributed by atoms with van der Waals surface area (Å²) in [5, 5.41) is 0. The molecule has 1 atom stereocenters. The Balaban J connectivity index is 2.18.